The molecule has 1 atom stereocenters. The second-order valence-electron chi connectivity index (χ2n) is 5.95. The topological polar surface area (TPSA) is 53.6 Å². The van der Waals surface area contributed by atoms with Gasteiger partial charge in [0.25, 0.3) is 5.91 Å². The molecule has 0 spiro atoms. The van der Waals surface area contributed by atoms with E-state index in [9.17, 15) is 4.79 Å². The molecular weight excluding hydrogens is 278 g/mol. The summed E-state index contributed by atoms with van der Waals surface area (Å²) in [6.07, 6.45) is 1.44. The number of likely N-dealkylation sites (N-methyl/N-ethyl adjacent to an activating group) is 1. The second kappa shape index (κ2) is 7.61. The molecule has 0 aliphatic carbocycles. The summed E-state index contributed by atoms with van der Waals surface area (Å²) in [7, 11) is 3.67. The molecule has 122 valence electrons. The molecule has 1 fully saturated rings. The van der Waals surface area contributed by atoms with Crippen molar-refractivity contribution >= 4 is 11.6 Å². The van der Waals surface area contributed by atoms with Crippen molar-refractivity contribution in [2.24, 2.45) is 0 Å². The molecule has 22 heavy (non-hydrogen) atoms. The third-order valence-electron chi connectivity index (χ3n) is 4.60. The molecule has 1 aliphatic rings. The van der Waals surface area contributed by atoms with E-state index < -0.39 is 5.60 Å². The molecule has 1 aromatic carbocycles. The normalized spacial score (nSPS) is 18.5. The monoisotopic (exact) mass is 305 g/mol. The SMILES string of the molecule is COC1(C(=O)NCC(C)N(C)c2ccccc2)CCNCC1. The summed E-state index contributed by atoms with van der Waals surface area (Å²) in [6, 6.07) is 10.4. The maximum absolute atomic E-state index is 12.5. The molecular formula is C17H27N3O2. The fourth-order valence-corrected chi connectivity index (χ4v) is 2.81. The van der Waals surface area contributed by atoms with Crippen LogP contribution in [0.25, 0.3) is 0 Å². The Morgan fingerprint density at radius 2 is 2.00 bits per heavy atom. The second-order valence-corrected chi connectivity index (χ2v) is 5.95. The van der Waals surface area contributed by atoms with Gasteiger partial charge in [-0.25, -0.2) is 0 Å². The Labute approximate surface area is 133 Å². The van der Waals surface area contributed by atoms with E-state index >= 15 is 0 Å². The van der Waals surface area contributed by atoms with Gasteiger partial charge in [0.1, 0.15) is 5.60 Å². The highest BCUT2D eigenvalue weighted by Gasteiger charge is 2.39. The van der Waals surface area contributed by atoms with E-state index in [1.54, 1.807) is 7.11 Å². The summed E-state index contributed by atoms with van der Waals surface area (Å²) in [6.45, 7) is 4.35. The first-order chi connectivity index (χ1) is 10.6. The maximum Gasteiger partial charge on any atom is 0.252 e. The van der Waals surface area contributed by atoms with Gasteiger partial charge in [-0.1, -0.05) is 18.2 Å². The standard InChI is InChI=1S/C17H27N3O2/c1-14(20(2)15-7-5-4-6-8-15)13-19-16(21)17(22-3)9-11-18-12-10-17/h4-8,14,18H,9-13H2,1-3H3,(H,19,21). The number of carbonyl (C=O) groups is 1. The smallest absolute Gasteiger partial charge is 0.252 e. The van der Waals surface area contributed by atoms with Gasteiger partial charge in [0, 0.05) is 32.4 Å². The van der Waals surface area contributed by atoms with Crippen LogP contribution in [0.1, 0.15) is 19.8 Å². The van der Waals surface area contributed by atoms with E-state index in [-0.39, 0.29) is 11.9 Å². The third kappa shape index (κ3) is 3.78. The molecule has 1 amide bonds. The summed E-state index contributed by atoms with van der Waals surface area (Å²) >= 11 is 0. The van der Waals surface area contributed by atoms with Gasteiger partial charge in [0.05, 0.1) is 0 Å². The fraction of sp³-hybridized carbons (Fsp3) is 0.588. The number of amides is 1. The lowest BCUT2D eigenvalue weighted by atomic mass is 9.91. The number of piperidine rings is 1. The van der Waals surface area contributed by atoms with Gasteiger partial charge in [0.15, 0.2) is 0 Å². The Balaban J connectivity index is 1.90. The molecule has 0 saturated carbocycles. The minimum Gasteiger partial charge on any atom is -0.370 e. The quantitative estimate of drug-likeness (QED) is 0.834. The number of rotatable bonds is 6. The zero-order valence-corrected chi connectivity index (χ0v) is 13.8. The predicted octanol–water partition coefficient (Wildman–Crippen LogP) is 1.40. The van der Waals surface area contributed by atoms with Gasteiger partial charge in [-0.15, -0.1) is 0 Å². The average Bonchev–Trinajstić information content (AvgIpc) is 2.59. The molecule has 5 nitrogen and oxygen atoms in total. The molecule has 2 rings (SSSR count). The highest BCUT2D eigenvalue weighted by atomic mass is 16.5. The molecule has 1 saturated heterocycles. The third-order valence-corrected chi connectivity index (χ3v) is 4.60. The fourth-order valence-electron chi connectivity index (χ4n) is 2.81. The van der Waals surface area contributed by atoms with Crippen LogP contribution in [0.15, 0.2) is 30.3 Å². The highest BCUT2D eigenvalue weighted by molar-refractivity contribution is 5.85. The maximum atomic E-state index is 12.5. The Morgan fingerprint density at radius 1 is 1.36 bits per heavy atom. The molecule has 0 aromatic heterocycles. The lowest BCUT2D eigenvalue weighted by Gasteiger charge is -2.35. The van der Waals surface area contributed by atoms with Crippen molar-refractivity contribution in [3.63, 3.8) is 0 Å². The van der Waals surface area contributed by atoms with Crippen LogP contribution in [-0.4, -0.2) is 51.3 Å². The van der Waals surface area contributed by atoms with E-state index in [0.29, 0.717) is 6.54 Å². The highest BCUT2D eigenvalue weighted by Crippen LogP contribution is 2.22. The first kappa shape index (κ1) is 16.8. The number of hydrogen-bond acceptors (Lipinski definition) is 4. The van der Waals surface area contributed by atoms with E-state index in [2.05, 4.69) is 34.6 Å². The summed E-state index contributed by atoms with van der Waals surface area (Å²) in [5, 5.41) is 6.33. The van der Waals surface area contributed by atoms with Crippen molar-refractivity contribution in [3.05, 3.63) is 30.3 Å². The van der Waals surface area contributed by atoms with Crippen LogP contribution in [0.3, 0.4) is 0 Å². The molecule has 0 radical (unpaired) electrons. The molecule has 1 unspecified atom stereocenters. The summed E-state index contributed by atoms with van der Waals surface area (Å²) in [4.78, 5) is 14.7. The number of nitrogens with one attached hydrogen (secondary N) is 2. The number of benzene rings is 1. The van der Waals surface area contributed by atoms with Crippen molar-refractivity contribution in [2.45, 2.75) is 31.4 Å². The van der Waals surface area contributed by atoms with Gasteiger partial charge < -0.3 is 20.3 Å². The average molecular weight is 305 g/mol. The zero-order valence-electron chi connectivity index (χ0n) is 13.8. The number of para-hydroxylation sites is 1. The molecule has 2 N–H and O–H groups in total. The Bertz CT molecular complexity index is 472. The van der Waals surface area contributed by atoms with Crippen molar-refractivity contribution in [1.82, 2.24) is 10.6 Å². The number of anilines is 1. The number of hydrogen-bond donors (Lipinski definition) is 2. The largest absolute Gasteiger partial charge is 0.370 e. The van der Waals surface area contributed by atoms with Crippen molar-refractivity contribution in [1.29, 1.82) is 0 Å². The van der Waals surface area contributed by atoms with Gasteiger partial charge in [-0.3, -0.25) is 4.79 Å². The lowest BCUT2D eigenvalue weighted by Crippen LogP contribution is -2.55. The summed E-state index contributed by atoms with van der Waals surface area (Å²) in [5.41, 5.74) is 0.476. The Morgan fingerprint density at radius 3 is 2.59 bits per heavy atom. The Hall–Kier alpha value is -1.59. The Kier molecular flexibility index (Phi) is 5.80. The number of nitrogens with zero attached hydrogens (tertiary/aromatic N) is 1. The van der Waals surface area contributed by atoms with E-state index in [4.69, 9.17) is 4.74 Å². The number of methoxy groups -OCH3 is 1. The summed E-state index contributed by atoms with van der Waals surface area (Å²) < 4.78 is 5.55. The van der Waals surface area contributed by atoms with Crippen LogP contribution in [0.2, 0.25) is 0 Å². The van der Waals surface area contributed by atoms with E-state index in [1.807, 2.05) is 25.2 Å². The van der Waals surface area contributed by atoms with E-state index in [0.717, 1.165) is 31.6 Å². The number of ether oxygens (including phenoxy) is 1. The molecule has 0 bridgehead atoms. The van der Waals surface area contributed by atoms with Gasteiger partial charge in [-0.05, 0) is 45.0 Å². The minimum atomic E-state index is -0.670. The molecule has 1 aliphatic heterocycles. The molecule has 5 heteroatoms. The van der Waals surface area contributed by atoms with Crippen molar-refractivity contribution in [2.75, 3.05) is 38.7 Å². The van der Waals surface area contributed by atoms with Crippen LogP contribution in [0, 0.1) is 0 Å². The van der Waals surface area contributed by atoms with Crippen LogP contribution < -0.4 is 15.5 Å². The van der Waals surface area contributed by atoms with Crippen molar-refractivity contribution < 1.29 is 9.53 Å². The summed E-state index contributed by atoms with van der Waals surface area (Å²) in [5.74, 6) is 0.00446. The number of carbonyl (C=O) groups excluding carboxylic acids is 1. The van der Waals surface area contributed by atoms with Crippen LogP contribution in [0.5, 0.6) is 0 Å². The minimum absolute atomic E-state index is 0.00446. The van der Waals surface area contributed by atoms with E-state index in [1.165, 1.54) is 0 Å². The molecule has 1 heterocycles. The van der Waals surface area contributed by atoms with Crippen LogP contribution in [-0.2, 0) is 9.53 Å². The van der Waals surface area contributed by atoms with Gasteiger partial charge in [-0.2, -0.15) is 0 Å². The lowest BCUT2D eigenvalue weighted by molar-refractivity contribution is -0.146. The molecule has 1 aromatic rings. The van der Waals surface area contributed by atoms with Crippen LogP contribution >= 0.6 is 0 Å². The van der Waals surface area contributed by atoms with Gasteiger partial charge >= 0.3 is 0 Å². The first-order valence-electron chi connectivity index (χ1n) is 7.91. The van der Waals surface area contributed by atoms with Crippen molar-refractivity contribution in [3.8, 4) is 0 Å². The zero-order chi connectivity index (χ0) is 16.0. The van der Waals surface area contributed by atoms with Crippen LogP contribution in [0.4, 0.5) is 5.69 Å². The predicted molar refractivity (Wildman–Crippen MR) is 89.2 cm³/mol. The first-order valence-corrected chi connectivity index (χ1v) is 7.91. The van der Waals surface area contributed by atoms with Gasteiger partial charge in [0.2, 0.25) is 0 Å².